The second-order valence-corrected chi connectivity index (χ2v) is 6.57. The number of imidazole rings is 2. The number of aromatic nitrogens is 5. The SMILES string of the molecule is Cn1cc(C(=O)Nc2ncccc2F)nc1CCNCc1nc2ccccc2[nH]1. The zero-order valence-electron chi connectivity index (χ0n) is 15.8. The quantitative estimate of drug-likeness (QED) is 0.419. The van der Waals surface area contributed by atoms with Gasteiger partial charge in [-0.3, -0.25) is 4.79 Å². The van der Waals surface area contributed by atoms with Gasteiger partial charge in [0.25, 0.3) is 5.91 Å². The van der Waals surface area contributed by atoms with Gasteiger partial charge in [0, 0.05) is 32.4 Å². The molecule has 0 aliphatic carbocycles. The number of pyridine rings is 1. The smallest absolute Gasteiger partial charge is 0.277 e. The number of aromatic amines is 1. The number of fused-ring (bicyclic) bond motifs is 1. The zero-order chi connectivity index (χ0) is 20.2. The van der Waals surface area contributed by atoms with E-state index in [9.17, 15) is 9.18 Å². The lowest BCUT2D eigenvalue weighted by molar-refractivity contribution is 0.102. The normalized spacial score (nSPS) is 11.1. The first-order chi connectivity index (χ1) is 14.1. The average Bonchev–Trinajstić information content (AvgIpc) is 3.30. The number of carbonyl (C=O) groups excluding carboxylic acids is 1. The van der Waals surface area contributed by atoms with Crippen molar-refractivity contribution in [3.05, 3.63) is 72.0 Å². The second-order valence-electron chi connectivity index (χ2n) is 6.57. The molecule has 0 saturated heterocycles. The van der Waals surface area contributed by atoms with Crippen LogP contribution >= 0.6 is 0 Å². The molecule has 4 aromatic rings. The molecule has 0 aliphatic rings. The Bertz CT molecular complexity index is 1120. The predicted molar refractivity (Wildman–Crippen MR) is 107 cm³/mol. The van der Waals surface area contributed by atoms with Crippen LogP contribution in [0, 0.1) is 5.82 Å². The van der Waals surface area contributed by atoms with Gasteiger partial charge in [0.15, 0.2) is 11.6 Å². The van der Waals surface area contributed by atoms with Gasteiger partial charge in [0.05, 0.1) is 17.6 Å². The molecule has 1 amide bonds. The maximum atomic E-state index is 13.6. The Morgan fingerprint density at radius 1 is 1.21 bits per heavy atom. The van der Waals surface area contributed by atoms with Crippen LogP contribution in [0.2, 0.25) is 0 Å². The summed E-state index contributed by atoms with van der Waals surface area (Å²) < 4.78 is 15.4. The molecule has 9 heteroatoms. The summed E-state index contributed by atoms with van der Waals surface area (Å²) in [5.74, 6) is 0.404. The maximum absolute atomic E-state index is 13.6. The van der Waals surface area contributed by atoms with Crippen molar-refractivity contribution in [2.75, 3.05) is 11.9 Å². The Kier molecular flexibility index (Phi) is 5.30. The van der Waals surface area contributed by atoms with Gasteiger partial charge < -0.3 is 20.2 Å². The first-order valence-corrected chi connectivity index (χ1v) is 9.18. The third kappa shape index (κ3) is 4.30. The summed E-state index contributed by atoms with van der Waals surface area (Å²) in [6, 6.07) is 10.6. The van der Waals surface area contributed by atoms with Crippen molar-refractivity contribution >= 4 is 22.8 Å². The van der Waals surface area contributed by atoms with E-state index in [1.165, 1.54) is 18.3 Å². The highest BCUT2D eigenvalue weighted by atomic mass is 19.1. The van der Waals surface area contributed by atoms with Crippen molar-refractivity contribution in [3.8, 4) is 0 Å². The topological polar surface area (TPSA) is 101 Å². The van der Waals surface area contributed by atoms with Crippen molar-refractivity contribution in [2.45, 2.75) is 13.0 Å². The van der Waals surface area contributed by atoms with Crippen LogP contribution in [0.25, 0.3) is 11.0 Å². The van der Waals surface area contributed by atoms with E-state index in [2.05, 4.69) is 30.6 Å². The lowest BCUT2D eigenvalue weighted by atomic mass is 10.3. The molecule has 3 aromatic heterocycles. The van der Waals surface area contributed by atoms with E-state index in [0.29, 0.717) is 19.5 Å². The first kappa shape index (κ1) is 18.8. The Morgan fingerprint density at radius 2 is 2.07 bits per heavy atom. The predicted octanol–water partition coefficient (Wildman–Crippen LogP) is 2.42. The van der Waals surface area contributed by atoms with Gasteiger partial charge >= 0.3 is 0 Å². The van der Waals surface area contributed by atoms with Crippen LogP contribution in [0.4, 0.5) is 10.2 Å². The summed E-state index contributed by atoms with van der Waals surface area (Å²) in [5.41, 5.74) is 2.16. The molecule has 0 spiro atoms. The van der Waals surface area contributed by atoms with Crippen LogP contribution in [0.3, 0.4) is 0 Å². The summed E-state index contributed by atoms with van der Waals surface area (Å²) in [5, 5.41) is 5.76. The molecule has 0 atom stereocenters. The van der Waals surface area contributed by atoms with Gasteiger partial charge in [-0.05, 0) is 24.3 Å². The maximum Gasteiger partial charge on any atom is 0.277 e. The molecule has 8 nitrogen and oxygen atoms in total. The molecule has 0 unspecified atom stereocenters. The lowest BCUT2D eigenvalue weighted by Crippen LogP contribution is -2.19. The van der Waals surface area contributed by atoms with Crippen molar-refractivity contribution < 1.29 is 9.18 Å². The number of amides is 1. The van der Waals surface area contributed by atoms with Gasteiger partial charge in [0.1, 0.15) is 17.3 Å². The number of anilines is 1. The molecule has 148 valence electrons. The van der Waals surface area contributed by atoms with Crippen LogP contribution < -0.4 is 10.6 Å². The fourth-order valence-electron chi connectivity index (χ4n) is 2.99. The molecular weight excluding hydrogens is 373 g/mol. The standard InChI is InChI=1S/C20H20FN7O/c1-28-12-16(20(29)27-19-13(21)5-4-9-23-19)26-18(28)8-10-22-11-17-24-14-6-2-3-7-15(14)25-17/h2-7,9,12,22H,8,10-11H2,1H3,(H,24,25)(H,23,27,29). The number of H-pyrrole nitrogens is 1. The Balaban J connectivity index is 1.32. The molecule has 0 saturated carbocycles. The zero-order valence-corrected chi connectivity index (χ0v) is 15.8. The number of nitrogens with zero attached hydrogens (tertiary/aromatic N) is 4. The van der Waals surface area contributed by atoms with E-state index in [4.69, 9.17) is 0 Å². The van der Waals surface area contributed by atoms with E-state index < -0.39 is 11.7 Å². The number of nitrogens with one attached hydrogen (secondary N) is 3. The van der Waals surface area contributed by atoms with Crippen LogP contribution in [-0.4, -0.2) is 37.0 Å². The van der Waals surface area contributed by atoms with Gasteiger partial charge in [-0.15, -0.1) is 0 Å². The number of halogens is 1. The minimum absolute atomic E-state index is 0.114. The third-order valence-electron chi connectivity index (χ3n) is 4.45. The van der Waals surface area contributed by atoms with Crippen LogP contribution in [0.15, 0.2) is 48.8 Å². The number of hydrogen-bond donors (Lipinski definition) is 3. The third-order valence-corrected chi connectivity index (χ3v) is 4.45. The van der Waals surface area contributed by atoms with Crippen LogP contribution in [-0.2, 0) is 20.0 Å². The minimum atomic E-state index is -0.591. The van der Waals surface area contributed by atoms with Gasteiger partial charge in [-0.25, -0.2) is 19.3 Å². The van der Waals surface area contributed by atoms with E-state index in [-0.39, 0.29) is 11.5 Å². The fourth-order valence-corrected chi connectivity index (χ4v) is 2.99. The van der Waals surface area contributed by atoms with E-state index in [1.807, 2.05) is 31.3 Å². The monoisotopic (exact) mass is 393 g/mol. The number of benzene rings is 1. The summed E-state index contributed by atoms with van der Waals surface area (Å²) in [7, 11) is 1.82. The highest BCUT2D eigenvalue weighted by Gasteiger charge is 2.15. The van der Waals surface area contributed by atoms with Crippen molar-refractivity contribution in [1.29, 1.82) is 0 Å². The number of aryl methyl sites for hydroxylation is 1. The molecule has 3 heterocycles. The fraction of sp³-hybridized carbons (Fsp3) is 0.200. The molecule has 0 fully saturated rings. The number of rotatable bonds is 7. The molecule has 0 radical (unpaired) electrons. The molecule has 0 bridgehead atoms. The first-order valence-electron chi connectivity index (χ1n) is 9.18. The number of carbonyl (C=O) groups is 1. The van der Waals surface area contributed by atoms with E-state index >= 15 is 0 Å². The highest BCUT2D eigenvalue weighted by Crippen LogP contribution is 2.12. The van der Waals surface area contributed by atoms with Gasteiger partial charge in [-0.1, -0.05) is 12.1 Å². The molecular formula is C20H20FN7O. The summed E-state index contributed by atoms with van der Waals surface area (Å²) in [6.07, 6.45) is 3.66. The van der Waals surface area contributed by atoms with Crippen molar-refractivity contribution in [1.82, 2.24) is 29.8 Å². The summed E-state index contributed by atoms with van der Waals surface area (Å²) in [6.45, 7) is 1.27. The molecule has 1 aromatic carbocycles. The van der Waals surface area contributed by atoms with Crippen LogP contribution in [0.1, 0.15) is 22.1 Å². The Morgan fingerprint density at radius 3 is 2.90 bits per heavy atom. The molecule has 29 heavy (non-hydrogen) atoms. The minimum Gasteiger partial charge on any atom is -0.341 e. The largest absolute Gasteiger partial charge is 0.341 e. The summed E-state index contributed by atoms with van der Waals surface area (Å²) >= 11 is 0. The Hall–Kier alpha value is -3.59. The lowest BCUT2D eigenvalue weighted by Gasteiger charge is -2.03. The van der Waals surface area contributed by atoms with Gasteiger partial charge in [-0.2, -0.15) is 0 Å². The number of para-hydroxylation sites is 2. The Labute approximate surface area is 166 Å². The van der Waals surface area contributed by atoms with Gasteiger partial charge in [0.2, 0.25) is 0 Å². The van der Waals surface area contributed by atoms with Crippen molar-refractivity contribution in [3.63, 3.8) is 0 Å². The van der Waals surface area contributed by atoms with E-state index in [1.54, 1.807) is 10.8 Å². The molecule has 4 rings (SSSR count). The molecule has 3 N–H and O–H groups in total. The average molecular weight is 393 g/mol. The highest BCUT2D eigenvalue weighted by molar-refractivity contribution is 6.02. The van der Waals surface area contributed by atoms with Crippen LogP contribution in [0.5, 0.6) is 0 Å². The number of hydrogen-bond acceptors (Lipinski definition) is 5. The second kappa shape index (κ2) is 8.19. The summed E-state index contributed by atoms with van der Waals surface area (Å²) in [4.78, 5) is 28.3. The molecule has 0 aliphatic heterocycles. The van der Waals surface area contributed by atoms with Crippen molar-refractivity contribution in [2.24, 2.45) is 7.05 Å². The van der Waals surface area contributed by atoms with E-state index in [0.717, 1.165) is 22.7 Å².